The summed E-state index contributed by atoms with van der Waals surface area (Å²) in [7, 11) is -2.43. The SMILES string of the molecule is CCCCCCCCSC#COB1OB(C)OB(OC#CSCCCCCCCC)O1. The monoisotopic (exact) mass is 466 g/mol. The molecule has 1 aliphatic heterocycles. The summed E-state index contributed by atoms with van der Waals surface area (Å²) >= 11 is 3.10. The molecule has 0 aromatic heterocycles. The van der Waals surface area contributed by atoms with E-state index in [-0.39, 0.29) is 0 Å². The highest BCUT2D eigenvalue weighted by Gasteiger charge is 2.45. The maximum absolute atomic E-state index is 5.41. The summed E-state index contributed by atoms with van der Waals surface area (Å²) in [6.45, 7) is 6.21. The second kappa shape index (κ2) is 21.3. The predicted molar refractivity (Wildman–Crippen MR) is 136 cm³/mol. The van der Waals surface area contributed by atoms with Crippen molar-refractivity contribution in [1.29, 1.82) is 0 Å². The van der Waals surface area contributed by atoms with Gasteiger partial charge < -0.3 is 23.0 Å². The van der Waals surface area contributed by atoms with E-state index in [9.17, 15) is 0 Å². The fourth-order valence-electron chi connectivity index (χ4n) is 2.83. The lowest BCUT2D eigenvalue weighted by Crippen LogP contribution is -2.49. The van der Waals surface area contributed by atoms with Gasteiger partial charge in [0.2, 0.25) is 0 Å². The summed E-state index contributed by atoms with van der Waals surface area (Å²) in [6, 6.07) is 0. The molecule has 0 unspecified atom stereocenters. The van der Waals surface area contributed by atoms with Gasteiger partial charge in [0.15, 0.2) is 0 Å². The van der Waals surface area contributed by atoms with Crippen LogP contribution in [0.15, 0.2) is 0 Å². The van der Waals surface area contributed by atoms with Crippen LogP contribution >= 0.6 is 23.5 Å². The first kappa shape index (κ1) is 28.5. The summed E-state index contributed by atoms with van der Waals surface area (Å²) in [5.74, 6) is 2.01. The Labute approximate surface area is 200 Å². The molecule has 0 aliphatic carbocycles. The molecule has 0 saturated carbocycles. The predicted octanol–water partition coefficient (Wildman–Crippen LogP) is 6.20. The largest absolute Gasteiger partial charge is 0.696 e. The Balaban J connectivity index is 2.09. The van der Waals surface area contributed by atoms with Crippen LogP contribution in [-0.2, 0) is 23.0 Å². The zero-order valence-corrected chi connectivity index (χ0v) is 21.1. The number of unbranched alkanes of at least 4 members (excludes halogenated alkanes) is 10. The zero-order chi connectivity index (χ0) is 22.4. The van der Waals surface area contributed by atoms with E-state index in [1.807, 2.05) is 0 Å². The van der Waals surface area contributed by atoms with Crippen LogP contribution in [0.2, 0.25) is 6.82 Å². The van der Waals surface area contributed by atoms with Crippen molar-refractivity contribution in [1.82, 2.24) is 0 Å². The van der Waals surface area contributed by atoms with Crippen LogP contribution in [0, 0.1) is 22.7 Å². The van der Waals surface area contributed by atoms with Gasteiger partial charge in [-0.15, -0.1) is 0 Å². The minimum atomic E-state index is -0.950. The van der Waals surface area contributed by atoms with Gasteiger partial charge in [-0.3, -0.25) is 0 Å². The van der Waals surface area contributed by atoms with E-state index in [1.54, 1.807) is 30.3 Å². The molecule has 1 rings (SSSR count). The van der Waals surface area contributed by atoms with Gasteiger partial charge in [-0.05, 0) is 19.7 Å². The second-order valence-electron chi connectivity index (χ2n) is 7.43. The molecule has 0 aromatic rings. The van der Waals surface area contributed by atoms with Crippen LogP contribution in [0.4, 0.5) is 0 Å². The van der Waals surface area contributed by atoms with Crippen molar-refractivity contribution in [3.8, 4) is 22.7 Å². The molecule has 1 fully saturated rings. The van der Waals surface area contributed by atoms with Crippen molar-refractivity contribution < 1.29 is 23.0 Å². The van der Waals surface area contributed by atoms with Crippen LogP contribution < -0.4 is 0 Å². The average molecular weight is 466 g/mol. The molecule has 0 N–H and O–H groups in total. The van der Waals surface area contributed by atoms with E-state index >= 15 is 0 Å². The summed E-state index contributed by atoms with van der Waals surface area (Å²) in [5.41, 5.74) is 0. The number of thioether (sulfide) groups is 2. The topological polar surface area (TPSA) is 46.2 Å². The van der Waals surface area contributed by atoms with Gasteiger partial charge in [-0.25, -0.2) is 0 Å². The average Bonchev–Trinajstić information content (AvgIpc) is 2.76. The lowest BCUT2D eigenvalue weighted by molar-refractivity contribution is 0.167. The van der Waals surface area contributed by atoms with Gasteiger partial charge >= 0.3 is 21.8 Å². The quantitative estimate of drug-likeness (QED) is 0.153. The molecule has 0 atom stereocenters. The molecule has 31 heavy (non-hydrogen) atoms. The highest BCUT2D eigenvalue weighted by molar-refractivity contribution is 8.04. The highest BCUT2D eigenvalue weighted by atomic mass is 32.2. The van der Waals surface area contributed by atoms with Crippen LogP contribution in [0.25, 0.3) is 0 Å². The molecule has 10 heteroatoms. The first-order valence-electron chi connectivity index (χ1n) is 11.8. The van der Waals surface area contributed by atoms with Crippen LogP contribution in [0.1, 0.15) is 90.9 Å². The van der Waals surface area contributed by atoms with Gasteiger partial charge in [0, 0.05) is 22.0 Å². The Bertz CT molecular complexity index is 505. The molecular formula is C21H37B3O5S2. The molecule has 0 bridgehead atoms. The highest BCUT2D eigenvalue weighted by Crippen LogP contribution is 2.12. The molecule has 172 valence electrons. The van der Waals surface area contributed by atoms with Gasteiger partial charge in [0.05, 0.1) is 0 Å². The lowest BCUT2D eigenvalue weighted by Gasteiger charge is -2.23. The zero-order valence-electron chi connectivity index (χ0n) is 19.5. The Morgan fingerprint density at radius 2 is 1.03 bits per heavy atom. The fraction of sp³-hybridized carbons (Fsp3) is 0.810. The summed E-state index contributed by atoms with van der Waals surface area (Å²) < 4.78 is 26.8. The van der Waals surface area contributed by atoms with Gasteiger partial charge in [-0.1, -0.05) is 102 Å². The molecule has 1 aliphatic rings. The minimum absolute atomic E-state index is 0.529. The molecule has 0 amide bonds. The molecule has 1 heterocycles. The van der Waals surface area contributed by atoms with Gasteiger partial charge in [-0.2, -0.15) is 0 Å². The maximum Gasteiger partial charge on any atom is 0.696 e. The van der Waals surface area contributed by atoms with Crippen LogP contribution in [0.3, 0.4) is 0 Å². The van der Waals surface area contributed by atoms with Crippen molar-refractivity contribution in [3.05, 3.63) is 0 Å². The molecule has 0 aromatic carbocycles. The third kappa shape index (κ3) is 17.7. The Hall–Kier alpha value is -0.505. The number of hydrogen-bond acceptors (Lipinski definition) is 7. The second-order valence-corrected chi connectivity index (χ2v) is 9.23. The molecule has 5 nitrogen and oxygen atoms in total. The standard InChI is InChI=1S/C21H37B3O5S2/c1-4-6-8-10-12-14-18-30-20-16-25-23-27-22(3)28-24(29-23)26-17-21-31-19-15-13-11-9-7-5-2/h4-15,18-19H2,1-3H3. The number of rotatable bonds is 16. The number of hydrogen-bond donors (Lipinski definition) is 0. The third-order valence-electron chi connectivity index (χ3n) is 4.57. The minimum Gasteiger partial charge on any atom is -0.463 e. The van der Waals surface area contributed by atoms with E-state index in [1.165, 1.54) is 77.0 Å². The first-order valence-corrected chi connectivity index (χ1v) is 13.7. The Morgan fingerprint density at radius 1 is 0.613 bits per heavy atom. The van der Waals surface area contributed by atoms with Crippen LogP contribution in [0.5, 0.6) is 0 Å². The normalized spacial score (nSPS) is 13.3. The van der Waals surface area contributed by atoms with Crippen molar-refractivity contribution >= 4 is 45.3 Å². The van der Waals surface area contributed by atoms with Crippen molar-refractivity contribution in [2.45, 2.75) is 97.7 Å². The van der Waals surface area contributed by atoms with E-state index < -0.39 is 21.8 Å². The molecular weight excluding hydrogens is 429 g/mol. The van der Waals surface area contributed by atoms with Crippen LogP contribution in [-0.4, -0.2) is 33.3 Å². The summed E-state index contributed by atoms with van der Waals surface area (Å²) in [6.07, 6.45) is 20.6. The summed E-state index contributed by atoms with van der Waals surface area (Å²) in [4.78, 5) is 0. The Kier molecular flexibility index (Phi) is 19.6. The van der Waals surface area contributed by atoms with E-state index in [0.29, 0.717) is 0 Å². The first-order chi connectivity index (χ1) is 15.3. The summed E-state index contributed by atoms with van der Waals surface area (Å²) in [5, 5.41) is 5.85. The van der Waals surface area contributed by atoms with Gasteiger partial charge in [0.25, 0.3) is 0 Å². The Morgan fingerprint density at radius 3 is 1.48 bits per heavy atom. The van der Waals surface area contributed by atoms with Crippen molar-refractivity contribution in [3.63, 3.8) is 0 Å². The molecule has 0 spiro atoms. The van der Waals surface area contributed by atoms with Gasteiger partial charge in [0.1, 0.15) is 12.2 Å². The molecule has 0 radical (unpaired) electrons. The lowest BCUT2D eigenvalue weighted by atomic mass is 9.85. The fourth-order valence-corrected chi connectivity index (χ4v) is 3.94. The third-order valence-corrected chi connectivity index (χ3v) is 6.01. The van der Waals surface area contributed by atoms with E-state index in [2.05, 4.69) is 36.6 Å². The molecule has 1 saturated heterocycles. The van der Waals surface area contributed by atoms with E-state index in [4.69, 9.17) is 23.0 Å². The smallest absolute Gasteiger partial charge is 0.463 e. The maximum atomic E-state index is 5.41. The van der Waals surface area contributed by atoms with E-state index in [0.717, 1.165) is 11.5 Å². The van der Waals surface area contributed by atoms with Crippen molar-refractivity contribution in [2.75, 3.05) is 11.5 Å². The van der Waals surface area contributed by atoms with Crippen molar-refractivity contribution in [2.24, 2.45) is 0 Å².